The Bertz CT molecular complexity index is 385. The van der Waals surface area contributed by atoms with Gasteiger partial charge in [-0.1, -0.05) is 0 Å². The molecule has 0 spiro atoms. The summed E-state index contributed by atoms with van der Waals surface area (Å²) in [5.41, 5.74) is 2.29. The molecule has 0 aromatic heterocycles. The maximum Gasteiger partial charge on any atom is 0.673 e. The van der Waals surface area contributed by atoms with Crippen LogP contribution in [-0.2, 0) is 0 Å². The van der Waals surface area contributed by atoms with Gasteiger partial charge in [0.25, 0.3) is 0 Å². The van der Waals surface area contributed by atoms with E-state index in [2.05, 4.69) is 23.1 Å². The van der Waals surface area contributed by atoms with Gasteiger partial charge in [-0.15, -0.1) is 5.10 Å². The van der Waals surface area contributed by atoms with E-state index >= 15 is 0 Å². The number of hydrazine groups is 1. The monoisotopic (exact) mass is 271 g/mol. The Kier molecular flexibility index (Phi) is 4.08. The Morgan fingerprint density at radius 1 is 1.29 bits per heavy atom. The molecule has 9 heteroatoms. The molecule has 0 saturated carbocycles. The fraction of sp³-hybridized carbons (Fsp3) is 0.375. The molecule has 1 N–H and O–H groups in total. The summed E-state index contributed by atoms with van der Waals surface area (Å²) in [5, 5.41) is 5.58. The van der Waals surface area contributed by atoms with Crippen LogP contribution in [0.2, 0.25) is 0 Å². The van der Waals surface area contributed by atoms with E-state index in [-0.39, 0.29) is 0 Å². The fourth-order valence-electron chi connectivity index (χ4n) is 1.44. The normalized spacial score (nSPS) is 18.9. The van der Waals surface area contributed by atoms with Gasteiger partial charge in [-0.3, -0.25) is 0 Å². The molecule has 0 bridgehead atoms. The highest BCUT2D eigenvalue weighted by Gasteiger charge is 2.28. The zero-order valence-electron chi connectivity index (χ0n) is 9.22. The molecule has 3 nitrogen and oxygen atoms in total. The predicted molar refractivity (Wildman–Crippen MR) is 58.6 cm³/mol. The Labute approximate surface area is 101 Å². The van der Waals surface area contributed by atoms with E-state index in [9.17, 15) is 17.3 Å². The van der Waals surface area contributed by atoms with Gasteiger partial charge in [0.2, 0.25) is 0 Å². The first-order valence-corrected chi connectivity index (χ1v) is 5.09. The number of hydrogen-bond donors (Lipinski definition) is 1. The molecule has 17 heavy (non-hydrogen) atoms. The molecule has 0 unspecified atom stereocenters. The molecule has 0 aromatic rings. The summed E-state index contributed by atoms with van der Waals surface area (Å²) >= 11 is 6.01. The fourth-order valence-corrected chi connectivity index (χ4v) is 1.74. The van der Waals surface area contributed by atoms with Gasteiger partial charge >= 0.3 is 12.4 Å². The molecule has 2 aliphatic rings. The number of nitrogens with one attached hydrogen (secondary N) is 1. The van der Waals surface area contributed by atoms with Crippen LogP contribution in [0.1, 0.15) is 0 Å². The van der Waals surface area contributed by atoms with Gasteiger partial charge in [-0.2, -0.15) is 5.01 Å². The number of halogens is 5. The van der Waals surface area contributed by atoms with Crippen molar-refractivity contribution >= 4 is 24.0 Å². The lowest BCUT2D eigenvalue weighted by Crippen LogP contribution is -2.81. The first-order valence-electron chi connectivity index (χ1n) is 4.71. The van der Waals surface area contributed by atoms with Crippen molar-refractivity contribution in [3.63, 3.8) is 0 Å². The number of nitrogens with zero attached hydrogens (tertiary/aromatic N) is 2. The van der Waals surface area contributed by atoms with Crippen molar-refractivity contribution in [3.05, 3.63) is 23.5 Å². The first kappa shape index (κ1) is 13.9. The van der Waals surface area contributed by atoms with Crippen LogP contribution in [0.25, 0.3) is 0 Å². The molecule has 0 aliphatic carbocycles. The van der Waals surface area contributed by atoms with Crippen LogP contribution >= 0.6 is 11.6 Å². The Hall–Kier alpha value is -1.18. The minimum absolute atomic E-state index is 0.708. The molecule has 0 aromatic carbocycles. The first-order chi connectivity index (χ1) is 7.68. The van der Waals surface area contributed by atoms with Gasteiger partial charge in [0.05, 0.1) is 24.5 Å². The summed E-state index contributed by atoms with van der Waals surface area (Å²) in [7, 11) is -2.02. The van der Waals surface area contributed by atoms with Crippen LogP contribution in [0.3, 0.4) is 0 Å². The zero-order valence-corrected chi connectivity index (χ0v) is 9.98. The van der Waals surface area contributed by atoms with E-state index in [0.717, 1.165) is 12.1 Å². The quantitative estimate of drug-likeness (QED) is 0.514. The van der Waals surface area contributed by atoms with Crippen molar-refractivity contribution in [3.8, 4) is 0 Å². The smallest absolute Gasteiger partial charge is 0.418 e. The Morgan fingerprint density at radius 3 is 2.35 bits per heavy atom. The third-order valence-corrected chi connectivity index (χ3v) is 2.37. The van der Waals surface area contributed by atoms with Crippen molar-refractivity contribution < 1.29 is 22.4 Å². The second-order valence-electron chi connectivity index (χ2n) is 3.54. The third-order valence-electron chi connectivity index (χ3n) is 2.08. The minimum Gasteiger partial charge on any atom is -0.418 e. The SMILES string of the molecule is CN1C=C2C(=CCN2C)C(Cl)=[NH+]1.F[B-](F)(F)F. The molecule has 0 radical (unpaired) electrons. The molecule has 96 valence electrons. The van der Waals surface area contributed by atoms with E-state index in [1.165, 1.54) is 5.70 Å². The molecular formula is C8H11BClF4N3. The molecule has 0 fully saturated rings. The standard InChI is InChI=1S/C8H10ClN3.BF4/c1-11-4-3-6-7(11)5-12(2)10-8(6)9;2-1(3,4)5/h3,5H,4H2,1-2H3;/q;-1/p+1. The van der Waals surface area contributed by atoms with E-state index in [1.54, 1.807) is 0 Å². The lowest BCUT2D eigenvalue weighted by atomic mass is 10.2. The second kappa shape index (κ2) is 4.99. The van der Waals surface area contributed by atoms with Crippen LogP contribution in [0.15, 0.2) is 23.5 Å². The van der Waals surface area contributed by atoms with Gasteiger partial charge in [0.1, 0.15) is 0 Å². The van der Waals surface area contributed by atoms with Crippen molar-refractivity contribution in [2.24, 2.45) is 0 Å². The van der Waals surface area contributed by atoms with Crippen LogP contribution in [0, 0.1) is 0 Å². The average Bonchev–Trinajstić information content (AvgIpc) is 2.45. The largest absolute Gasteiger partial charge is 0.673 e. The number of rotatable bonds is 0. The highest BCUT2D eigenvalue weighted by Crippen LogP contribution is 2.23. The number of hydrogen-bond acceptors (Lipinski definition) is 2. The molecule has 2 aliphatic heterocycles. The van der Waals surface area contributed by atoms with Crippen LogP contribution < -0.4 is 5.10 Å². The molecule has 2 heterocycles. The minimum atomic E-state index is -6.00. The van der Waals surface area contributed by atoms with Crippen molar-refractivity contribution in [1.82, 2.24) is 9.91 Å². The number of allylic oxidation sites excluding steroid dienone is 1. The molecule has 0 atom stereocenters. The van der Waals surface area contributed by atoms with Crippen LogP contribution in [-0.4, -0.2) is 43.0 Å². The van der Waals surface area contributed by atoms with Crippen LogP contribution in [0.5, 0.6) is 0 Å². The topological polar surface area (TPSA) is 20.5 Å². The van der Waals surface area contributed by atoms with Gasteiger partial charge in [0.15, 0.2) is 0 Å². The summed E-state index contributed by atoms with van der Waals surface area (Å²) in [4.78, 5) is 2.16. The average molecular weight is 271 g/mol. The van der Waals surface area contributed by atoms with Crippen molar-refractivity contribution in [2.45, 2.75) is 0 Å². The number of likely N-dealkylation sites (N-methyl/N-ethyl adjacent to an activating group) is 1. The van der Waals surface area contributed by atoms with E-state index in [0.29, 0.717) is 5.17 Å². The van der Waals surface area contributed by atoms with Gasteiger partial charge in [0, 0.05) is 13.6 Å². The summed E-state index contributed by atoms with van der Waals surface area (Å²) in [6.07, 6.45) is 4.15. The summed E-state index contributed by atoms with van der Waals surface area (Å²) in [5.74, 6) is 0. The predicted octanol–water partition coefficient (Wildman–Crippen LogP) is 0.578. The maximum absolute atomic E-state index is 9.75. The third kappa shape index (κ3) is 4.30. The maximum atomic E-state index is 9.75. The van der Waals surface area contributed by atoms with E-state index in [1.807, 2.05) is 18.3 Å². The molecule has 0 saturated heterocycles. The second-order valence-corrected chi connectivity index (χ2v) is 3.92. The van der Waals surface area contributed by atoms with E-state index < -0.39 is 7.25 Å². The zero-order chi connectivity index (χ0) is 13.2. The lowest BCUT2D eigenvalue weighted by molar-refractivity contribution is -0.620. The summed E-state index contributed by atoms with van der Waals surface area (Å²) in [6.45, 7) is 0.937. The summed E-state index contributed by atoms with van der Waals surface area (Å²) in [6, 6.07) is 0. The highest BCUT2D eigenvalue weighted by molar-refractivity contribution is 6.68. The summed E-state index contributed by atoms with van der Waals surface area (Å²) < 4.78 is 39.0. The Morgan fingerprint density at radius 2 is 1.82 bits per heavy atom. The van der Waals surface area contributed by atoms with E-state index in [4.69, 9.17) is 11.6 Å². The Balaban J connectivity index is 0.000000249. The molecule has 2 rings (SSSR count). The molecular weight excluding hydrogens is 260 g/mol. The lowest BCUT2D eigenvalue weighted by Gasteiger charge is -2.18. The van der Waals surface area contributed by atoms with Crippen molar-refractivity contribution in [1.29, 1.82) is 0 Å². The number of hydrazone groups is 1. The van der Waals surface area contributed by atoms with Gasteiger partial charge in [-0.05, 0) is 17.7 Å². The van der Waals surface area contributed by atoms with Gasteiger partial charge in [-0.25, -0.2) is 0 Å². The van der Waals surface area contributed by atoms with Gasteiger partial charge < -0.3 is 22.2 Å². The number of fused-ring (bicyclic) bond motifs is 1. The van der Waals surface area contributed by atoms with Crippen LogP contribution in [0.4, 0.5) is 17.3 Å². The highest BCUT2D eigenvalue weighted by atomic mass is 35.5. The van der Waals surface area contributed by atoms with Crippen molar-refractivity contribution in [2.75, 3.05) is 20.6 Å². The molecule has 0 amide bonds.